The molecule has 0 spiro atoms. The summed E-state index contributed by atoms with van der Waals surface area (Å²) in [5.41, 5.74) is 0.0603. The molecule has 72 valence electrons. The molecule has 5 heteroatoms. The van der Waals surface area contributed by atoms with Gasteiger partial charge in [-0.1, -0.05) is 15.9 Å². The predicted octanol–water partition coefficient (Wildman–Crippen LogP) is 2.02. The molecule has 0 amide bonds. The maximum atomic E-state index is 11.5. The Hall–Kier alpha value is 0.0900. The maximum absolute atomic E-state index is 11.5. The van der Waals surface area contributed by atoms with Gasteiger partial charge in [-0.05, 0) is 35.4 Å². The average molecular weight is 357 g/mol. The first kappa shape index (κ1) is 11.2. The molecule has 13 heavy (non-hydrogen) atoms. The zero-order valence-electron chi connectivity index (χ0n) is 7.04. The van der Waals surface area contributed by atoms with Crippen LogP contribution < -0.4 is 5.56 Å². The number of aryl methyl sites for hydroxylation is 1. The Balaban J connectivity index is 2.67. The van der Waals surface area contributed by atoms with Gasteiger partial charge in [0, 0.05) is 18.1 Å². The van der Waals surface area contributed by atoms with Gasteiger partial charge in [0.1, 0.15) is 0 Å². The van der Waals surface area contributed by atoms with Crippen molar-refractivity contribution in [3.05, 3.63) is 26.4 Å². The lowest BCUT2D eigenvalue weighted by atomic mass is 10.3. The van der Waals surface area contributed by atoms with Gasteiger partial charge < -0.3 is 0 Å². The number of nitrogens with zero attached hydrogens (tertiary/aromatic N) is 2. The Morgan fingerprint density at radius 1 is 1.54 bits per heavy atom. The molecular weight excluding hydrogens is 347 g/mol. The van der Waals surface area contributed by atoms with Crippen molar-refractivity contribution in [1.29, 1.82) is 0 Å². The zero-order valence-corrected chi connectivity index (χ0v) is 10.8. The minimum absolute atomic E-state index is 0.0603. The first-order valence-electron chi connectivity index (χ1n) is 4.01. The van der Waals surface area contributed by atoms with Gasteiger partial charge in [0.2, 0.25) is 0 Å². The fourth-order valence-corrected chi connectivity index (χ4v) is 1.83. The van der Waals surface area contributed by atoms with Crippen molar-refractivity contribution >= 4 is 38.5 Å². The number of hydrogen-bond donors (Lipinski definition) is 0. The van der Waals surface area contributed by atoms with Crippen LogP contribution in [0.4, 0.5) is 0 Å². The molecular formula is C8H10BrIN2O. The Bertz CT molecular complexity index is 326. The number of aromatic nitrogens is 2. The number of hydrogen-bond acceptors (Lipinski definition) is 2. The molecule has 0 aromatic carbocycles. The summed E-state index contributed by atoms with van der Waals surface area (Å²) in [6.07, 6.45) is 5.27. The van der Waals surface area contributed by atoms with E-state index in [-0.39, 0.29) is 5.56 Å². The monoisotopic (exact) mass is 356 g/mol. The standard InChI is InChI=1S/C8H10BrIN2O/c9-3-1-2-4-12-6-11-5-7(10)8(12)13/h5-6H,1-4H2. The molecule has 0 fully saturated rings. The van der Waals surface area contributed by atoms with Gasteiger partial charge in [-0.2, -0.15) is 0 Å². The molecule has 1 aromatic heterocycles. The lowest BCUT2D eigenvalue weighted by Gasteiger charge is -2.03. The Morgan fingerprint density at radius 2 is 2.31 bits per heavy atom. The van der Waals surface area contributed by atoms with Crippen molar-refractivity contribution in [3.63, 3.8) is 0 Å². The van der Waals surface area contributed by atoms with E-state index in [9.17, 15) is 4.79 Å². The second-order valence-electron chi connectivity index (χ2n) is 2.64. The Labute approximate surface area is 98.8 Å². The molecule has 1 heterocycles. The molecule has 3 nitrogen and oxygen atoms in total. The largest absolute Gasteiger partial charge is 0.298 e. The summed E-state index contributed by atoms with van der Waals surface area (Å²) in [4.78, 5) is 15.4. The first-order chi connectivity index (χ1) is 6.25. The summed E-state index contributed by atoms with van der Waals surface area (Å²) >= 11 is 5.36. The van der Waals surface area contributed by atoms with E-state index < -0.39 is 0 Å². The van der Waals surface area contributed by atoms with E-state index in [1.165, 1.54) is 0 Å². The molecule has 0 radical (unpaired) electrons. The third-order valence-electron chi connectivity index (χ3n) is 1.64. The number of rotatable bonds is 4. The summed E-state index contributed by atoms with van der Waals surface area (Å²) in [7, 11) is 0. The fraction of sp³-hybridized carbons (Fsp3) is 0.500. The van der Waals surface area contributed by atoms with Crippen molar-refractivity contribution in [2.24, 2.45) is 0 Å². The Kier molecular flexibility index (Phi) is 4.93. The van der Waals surface area contributed by atoms with E-state index in [1.807, 2.05) is 22.6 Å². The highest BCUT2D eigenvalue weighted by Gasteiger charge is 1.99. The zero-order chi connectivity index (χ0) is 9.68. The predicted molar refractivity (Wildman–Crippen MR) is 64.2 cm³/mol. The van der Waals surface area contributed by atoms with Gasteiger partial charge in [0.15, 0.2) is 0 Å². The fourth-order valence-electron chi connectivity index (χ4n) is 0.960. The first-order valence-corrected chi connectivity index (χ1v) is 6.21. The van der Waals surface area contributed by atoms with Crippen LogP contribution in [0, 0.1) is 3.57 Å². The summed E-state index contributed by atoms with van der Waals surface area (Å²) in [5, 5.41) is 0.985. The summed E-state index contributed by atoms with van der Waals surface area (Å²) in [5.74, 6) is 0. The van der Waals surface area contributed by atoms with Crippen molar-refractivity contribution in [2.45, 2.75) is 19.4 Å². The van der Waals surface area contributed by atoms with Crippen LogP contribution in [0.3, 0.4) is 0 Å². The average Bonchev–Trinajstić information content (AvgIpc) is 2.13. The quantitative estimate of drug-likeness (QED) is 0.470. The highest BCUT2D eigenvalue weighted by Crippen LogP contribution is 1.97. The molecule has 0 bridgehead atoms. The smallest absolute Gasteiger partial charge is 0.266 e. The molecule has 1 aromatic rings. The van der Waals surface area contributed by atoms with Crippen LogP contribution in [0.15, 0.2) is 17.3 Å². The van der Waals surface area contributed by atoms with Gasteiger partial charge >= 0.3 is 0 Å². The van der Waals surface area contributed by atoms with Crippen molar-refractivity contribution in [2.75, 3.05) is 5.33 Å². The van der Waals surface area contributed by atoms with Crippen LogP contribution >= 0.6 is 38.5 Å². The van der Waals surface area contributed by atoms with Gasteiger partial charge in [-0.15, -0.1) is 0 Å². The number of halogens is 2. The van der Waals surface area contributed by atoms with E-state index in [2.05, 4.69) is 20.9 Å². The SMILES string of the molecule is O=c1c(I)cncn1CCCCBr. The van der Waals surface area contributed by atoms with Crippen LogP contribution in [0.2, 0.25) is 0 Å². The van der Waals surface area contributed by atoms with Crippen LogP contribution in [-0.2, 0) is 6.54 Å². The summed E-state index contributed by atoms with van der Waals surface area (Å²) < 4.78 is 2.34. The number of alkyl halides is 1. The van der Waals surface area contributed by atoms with Gasteiger partial charge in [0.05, 0.1) is 9.90 Å². The minimum atomic E-state index is 0.0603. The topological polar surface area (TPSA) is 34.9 Å². The second-order valence-corrected chi connectivity index (χ2v) is 4.59. The molecule has 0 unspecified atom stereocenters. The van der Waals surface area contributed by atoms with Crippen LogP contribution in [0.25, 0.3) is 0 Å². The molecule has 0 saturated carbocycles. The normalized spacial score (nSPS) is 10.3. The van der Waals surface area contributed by atoms with Crippen LogP contribution in [-0.4, -0.2) is 14.9 Å². The minimum Gasteiger partial charge on any atom is -0.298 e. The molecule has 0 atom stereocenters. The van der Waals surface area contributed by atoms with E-state index in [1.54, 1.807) is 17.1 Å². The van der Waals surface area contributed by atoms with Crippen LogP contribution in [0.1, 0.15) is 12.8 Å². The lowest BCUT2D eigenvalue weighted by Crippen LogP contribution is -2.22. The maximum Gasteiger partial charge on any atom is 0.266 e. The summed E-state index contributed by atoms with van der Waals surface area (Å²) in [6.45, 7) is 0.758. The molecule has 0 N–H and O–H groups in total. The molecule has 0 aliphatic heterocycles. The summed E-state index contributed by atoms with van der Waals surface area (Å²) in [6, 6.07) is 0. The number of unbranched alkanes of at least 4 members (excludes halogenated alkanes) is 1. The molecule has 0 aliphatic carbocycles. The van der Waals surface area contributed by atoms with E-state index >= 15 is 0 Å². The third kappa shape index (κ3) is 3.38. The molecule has 0 aliphatic rings. The van der Waals surface area contributed by atoms with Gasteiger partial charge in [-0.3, -0.25) is 9.36 Å². The molecule has 1 rings (SSSR count). The highest BCUT2D eigenvalue weighted by molar-refractivity contribution is 14.1. The van der Waals surface area contributed by atoms with Crippen molar-refractivity contribution in [1.82, 2.24) is 9.55 Å². The third-order valence-corrected chi connectivity index (χ3v) is 2.94. The van der Waals surface area contributed by atoms with Gasteiger partial charge in [-0.25, -0.2) is 4.98 Å². The lowest BCUT2D eigenvalue weighted by molar-refractivity contribution is 0.603. The Morgan fingerprint density at radius 3 is 3.00 bits per heavy atom. The van der Waals surface area contributed by atoms with Crippen molar-refractivity contribution in [3.8, 4) is 0 Å². The van der Waals surface area contributed by atoms with E-state index in [0.717, 1.165) is 24.7 Å². The van der Waals surface area contributed by atoms with E-state index in [4.69, 9.17) is 0 Å². The second kappa shape index (κ2) is 5.74. The van der Waals surface area contributed by atoms with E-state index in [0.29, 0.717) is 3.57 Å². The highest BCUT2D eigenvalue weighted by atomic mass is 127. The van der Waals surface area contributed by atoms with Gasteiger partial charge in [0.25, 0.3) is 5.56 Å². The van der Waals surface area contributed by atoms with Crippen LogP contribution in [0.5, 0.6) is 0 Å². The molecule has 0 saturated heterocycles. The van der Waals surface area contributed by atoms with Crippen molar-refractivity contribution < 1.29 is 0 Å².